The Morgan fingerprint density at radius 1 is 0.933 bits per heavy atom. The molecule has 0 amide bonds. The van der Waals surface area contributed by atoms with Gasteiger partial charge in [-0.1, -0.05) is 25.3 Å². The highest BCUT2D eigenvalue weighted by Gasteiger charge is 2.19. The summed E-state index contributed by atoms with van der Waals surface area (Å²) >= 11 is 0. The van der Waals surface area contributed by atoms with E-state index in [-0.39, 0.29) is 6.61 Å². The molecule has 1 aromatic rings. The van der Waals surface area contributed by atoms with Crippen LogP contribution in [0.2, 0.25) is 0 Å². The fourth-order valence-electron chi connectivity index (χ4n) is 4.52. The molecule has 0 bridgehead atoms. The molecule has 0 aromatic heterocycles. The molecule has 0 unspecified atom stereocenters. The Morgan fingerprint density at radius 3 is 2.30 bits per heavy atom. The largest absolute Gasteiger partial charge is 0.493 e. The Labute approximate surface area is 182 Å². The predicted molar refractivity (Wildman–Crippen MR) is 119 cm³/mol. The number of nitrogens with zero attached hydrogens (tertiary/aromatic N) is 2. The molecule has 2 aliphatic heterocycles. The molecule has 6 heteroatoms. The normalized spacial score (nSPS) is 21.0. The number of likely N-dealkylation sites (tertiary alicyclic amines) is 2. The van der Waals surface area contributed by atoms with Crippen LogP contribution >= 0.6 is 0 Å². The quantitative estimate of drug-likeness (QED) is 0.662. The summed E-state index contributed by atoms with van der Waals surface area (Å²) in [5.74, 6) is 1.43. The summed E-state index contributed by atoms with van der Waals surface area (Å²) < 4.78 is 17.0. The number of hydrogen-bond acceptors (Lipinski definition) is 6. The van der Waals surface area contributed by atoms with Gasteiger partial charge in [0.2, 0.25) is 0 Å². The zero-order valence-electron chi connectivity index (χ0n) is 18.9. The highest BCUT2D eigenvalue weighted by molar-refractivity contribution is 5.43. The smallest absolute Gasteiger partial charge is 0.161 e. The number of aliphatic hydroxyl groups is 1. The van der Waals surface area contributed by atoms with Crippen LogP contribution in [0.5, 0.6) is 11.5 Å². The third-order valence-electron chi connectivity index (χ3n) is 6.35. The van der Waals surface area contributed by atoms with Crippen molar-refractivity contribution in [1.29, 1.82) is 0 Å². The number of ether oxygens (including phenoxy) is 3. The Morgan fingerprint density at radius 2 is 1.63 bits per heavy atom. The van der Waals surface area contributed by atoms with Crippen LogP contribution in [-0.4, -0.2) is 80.7 Å². The van der Waals surface area contributed by atoms with E-state index in [1.807, 2.05) is 6.07 Å². The molecule has 1 atom stereocenters. The molecule has 0 aliphatic carbocycles. The third-order valence-corrected chi connectivity index (χ3v) is 6.35. The van der Waals surface area contributed by atoms with E-state index >= 15 is 0 Å². The van der Waals surface area contributed by atoms with Gasteiger partial charge in [0, 0.05) is 33.3 Å². The third kappa shape index (κ3) is 7.41. The second-order valence-corrected chi connectivity index (χ2v) is 8.73. The van der Waals surface area contributed by atoms with Gasteiger partial charge in [0.25, 0.3) is 0 Å². The van der Waals surface area contributed by atoms with E-state index in [2.05, 4.69) is 21.9 Å². The van der Waals surface area contributed by atoms with Crippen molar-refractivity contribution in [3.8, 4) is 11.5 Å². The molecule has 0 saturated carbocycles. The number of β-amino-alcohol motifs (C(OH)–C–C–N with tert-alkyl or cyclic N) is 1. The van der Waals surface area contributed by atoms with Gasteiger partial charge in [-0.3, -0.25) is 4.90 Å². The minimum atomic E-state index is -0.490. The molecule has 2 saturated heterocycles. The highest BCUT2D eigenvalue weighted by atomic mass is 16.5. The molecule has 6 nitrogen and oxygen atoms in total. The molecular formula is C24H40N2O4. The monoisotopic (exact) mass is 420 g/mol. The van der Waals surface area contributed by atoms with Crippen molar-refractivity contribution in [1.82, 2.24) is 9.80 Å². The van der Waals surface area contributed by atoms with E-state index in [1.54, 1.807) is 14.2 Å². The molecule has 30 heavy (non-hydrogen) atoms. The average Bonchev–Trinajstić information content (AvgIpc) is 2.75. The standard InChI is InChI=1S/C24H40N2O4/c1-28-22-10-14-26(15-11-22)17-20-8-9-23(24(16-20)29-2)30-19-21(27)18-25-12-6-4-3-5-7-13-25/h8-9,16,21-22,27H,3-7,10-15,17-19H2,1-2H3/t21-/m1/s1. The van der Waals surface area contributed by atoms with Crippen LogP contribution in [0.3, 0.4) is 0 Å². The first-order chi connectivity index (χ1) is 14.7. The van der Waals surface area contributed by atoms with Gasteiger partial charge >= 0.3 is 0 Å². The van der Waals surface area contributed by atoms with Crippen molar-refractivity contribution in [2.45, 2.75) is 63.7 Å². The lowest BCUT2D eigenvalue weighted by Crippen LogP contribution is -2.37. The lowest BCUT2D eigenvalue weighted by atomic mass is 10.1. The van der Waals surface area contributed by atoms with E-state index in [9.17, 15) is 5.11 Å². The van der Waals surface area contributed by atoms with E-state index in [0.717, 1.165) is 51.3 Å². The summed E-state index contributed by atoms with van der Waals surface area (Å²) in [5, 5.41) is 10.5. The number of benzene rings is 1. The summed E-state index contributed by atoms with van der Waals surface area (Å²) in [7, 11) is 3.47. The first-order valence-corrected chi connectivity index (χ1v) is 11.6. The van der Waals surface area contributed by atoms with Gasteiger partial charge in [-0.25, -0.2) is 0 Å². The van der Waals surface area contributed by atoms with Crippen molar-refractivity contribution >= 4 is 0 Å². The van der Waals surface area contributed by atoms with Crippen molar-refractivity contribution in [2.75, 3.05) is 53.6 Å². The van der Waals surface area contributed by atoms with Gasteiger partial charge in [-0.2, -0.15) is 0 Å². The van der Waals surface area contributed by atoms with Crippen molar-refractivity contribution < 1.29 is 19.3 Å². The van der Waals surface area contributed by atoms with Crippen LogP contribution in [0.25, 0.3) is 0 Å². The van der Waals surface area contributed by atoms with E-state index in [0.29, 0.717) is 18.4 Å². The van der Waals surface area contributed by atoms with Crippen LogP contribution in [0.15, 0.2) is 18.2 Å². The second kappa shape index (κ2) is 12.5. The molecule has 0 spiro atoms. The Hall–Kier alpha value is -1.34. The fraction of sp³-hybridized carbons (Fsp3) is 0.750. The van der Waals surface area contributed by atoms with Gasteiger partial charge in [0.15, 0.2) is 11.5 Å². The molecule has 0 radical (unpaired) electrons. The zero-order chi connectivity index (χ0) is 21.2. The van der Waals surface area contributed by atoms with Crippen molar-refractivity contribution in [3.63, 3.8) is 0 Å². The number of piperidine rings is 1. The number of methoxy groups -OCH3 is 2. The minimum absolute atomic E-state index is 0.288. The fourth-order valence-corrected chi connectivity index (χ4v) is 4.52. The summed E-state index contributed by atoms with van der Waals surface area (Å²) in [6.07, 6.45) is 8.49. The van der Waals surface area contributed by atoms with Gasteiger partial charge < -0.3 is 24.2 Å². The number of rotatable bonds is 9. The van der Waals surface area contributed by atoms with Gasteiger partial charge in [0.1, 0.15) is 12.7 Å². The Balaban J connectivity index is 1.47. The lowest BCUT2D eigenvalue weighted by Gasteiger charge is -2.31. The van der Waals surface area contributed by atoms with E-state index < -0.39 is 6.10 Å². The summed E-state index contributed by atoms with van der Waals surface area (Å²) in [6, 6.07) is 6.13. The summed E-state index contributed by atoms with van der Waals surface area (Å²) in [4.78, 5) is 4.83. The molecule has 2 fully saturated rings. The Bertz CT molecular complexity index is 611. The molecule has 3 rings (SSSR count). The van der Waals surface area contributed by atoms with Crippen LogP contribution in [0.4, 0.5) is 0 Å². The molecule has 170 valence electrons. The molecular weight excluding hydrogens is 380 g/mol. The highest BCUT2D eigenvalue weighted by Crippen LogP contribution is 2.29. The molecule has 1 aromatic carbocycles. The summed E-state index contributed by atoms with van der Waals surface area (Å²) in [6.45, 7) is 6.15. The first kappa shape index (κ1) is 23.3. The van der Waals surface area contributed by atoms with Crippen LogP contribution in [0, 0.1) is 0 Å². The van der Waals surface area contributed by atoms with Crippen molar-refractivity contribution in [2.24, 2.45) is 0 Å². The molecule has 2 aliphatic rings. The lowest BCUT2D eigenvalue weighted by molar-refractivity contribution is 0.0388. The van der Waals surface area contributed by atoms with Crippen LogP contribution < -0.4 is 9.47 Å². The SMILES string of the molecule is COc1cc(CN2CCC(OC)CC2)ccc1OC[C@H](O)CN1CCCCCCC1. The topological polar surface area (TPSA) is 54.4 Å². The Kier molecular flexibility index (Phi) is 9.72. The van der Waals surface area contributed by atoms with Gasteiger partial charge in [0.05, 0.1) is 13.2 Å². The maximum atomic E-state index is 10.5. The number of aliphatic hydroxyl groups excluding tert-OH is 1. The van der Waals surface area contributed by atoms with Gasteiger partial charge in [-0.15, -0.1) is 0 Å². The average molecular weight is 421 g/mol. The van der Waals surface area contributed by atoms with E-state index in [1.165, 1.54) is 37.7 Å². The predicted octanol–water partition coefficient (Wildman–Crippen LogP) is 3.31. The van der Waals surface area contributed by atoms with Crippen LogP contribution in [-0.2, 0) is 11.3 Å². The molecule has 1 N–H and O–H groups in total. The van der Waals surface area contributed by atoms with Crippen molar-refractivity contribution in [3.05, 3.63) is 23.8 Å². The van der Waals surface area contributed by atoms with E-state index in [4.69, 9.17) is 14.2 Å². The van der Waals surface area contributed by atoms with Crippen LogP contribution in [0.1, 0.15) is 50.5 Å². The van der Waals surface area contributed by atoms with Gasteiger partial charge in [-0.05, 0) is 56.5 Å². The first-order valence-electron chi connectivity index (χ1n) is 11.6. The molecule has 2 heterocycles. The second-order valence-electron chi connectivity index (χ2n) is 8.73. The maximum Gasteiger partial charge on any atom is 0.161 e. The minimum Gasteiger partial charge on any atom is -0.493 e. The zero-order valence-corrected chi connectivity index (χ0v) is 18.9. The maximum absolute atomic E-state index is 10.5. The summed E-state index contributed by atoms with van der Waals surface area (Å²) in [5.41, 5.74) is 1.22. The number of hydrogen-bond donors (Lipinski definition) is 1.